The number of alkyl halides is 2. The summed E-state index contributed by atoms with van der Waals surface area (Å²) in [7, 11) is 1.22. The van der Waals surface area contributed by atoms with E-state index in [1.807, 2.05) is 0 Å². The first-order valence-corrected chi connectivity index (χ1v) is 2.25. The summed E-state index contributed by atoms with van der Waals surface area (Å²) in [6, 6.07) is 0. The van der Waals surface area contributed by atoms with E-state index in [4.69, 9.17) is 0 Å². The van der Waals surface area contributed by atoms with Crippen molar-refractivity contribution < 1.29 is 18.6 Å². The predicted octanol–water partition coefficient (Wildman–Crippen LogP) is 0.623. The van der Waals surface area contributed by atoms with Gasteiger partial charge in [0, 0.05) is 0 Å². The van der Waals surface area contributed by atoms with E-state index >= 15 is 0 Å². The zero-order valence-corrected chi connectivity index (χ0v) is 4.30. The van der Waals surface area contributed by atoms with Crippen LogP contribution < -0.4 is 0 Å². The second kappa shape index (κ2) is 1.95. The summed E-state index contributed by atoms with van der Waals surface area (Å²) in [5, 5.41) is 0. The first kappa shape index (κ1) is 5.91. The Morgan fingerprint density at radius 3 is 1.88 bits per heavy atom. The lowest BCUT2D eigenvalue weighted by Gasteiger charge is -1.90. The summed E-state index contributed by atoms with van der Waals surface area (Å²) in [5.74, 6) is 0. The summed E-state index contributed by atoms with van der Waals surface area (Å²) in [5.41, 5.74) is 0. The van der Waals surface area contributed by atoms with Crippen molar-refractivity contribution in [3.63, 3.8) is 0 Å². The molecule has 1 rings (SSSR count). The van der Waals surface area contributed by atoms with Crippen molar-refractivity contribution in [1.29, 1.82) is 0 Å². The molecule has 8 heavy (non-hydrogen) atoms. The molecule has 0 radical (unpaired) electrons. The Labute approximate surface area is 45.3 Å². The summed E-state index contributed by atoms with van der Waals surface area (Å²) in [4.78, 5) is 8.15. The van der Waals surface area contributed by atoms with Crippen LogP contribution in [0.4, 0.5) is 8.78 Å². The van der Waals surface area contributed by atoms with Crippen molar-refractivity contribution in [3.05, 3.63) is 0 Å². The van der Waals surface area contributed by atoms with Crippen molar-refractivity contribution in [2.24, 2.45) is 0 Å². The number of rotatable bonds is 2. The van der Waals surface area contributed by atoms with Crippen molar-refractivity contribution >= 4 is 0 Å². The second-order valence-corrected chi connectivity index (χ2v) is 1.62. The largest absolute Gasteiger partial charge is 0.241 e. The molecule has 1 aliphatic carbocycles. The molecular weight excluding hydrogens is 118 g/mol. The van der Waals surface area contributed by atoms with Gasteiger partial charge in [0.15, 0.2) is 18.4 Å². The highest BCUT2D eigenvalue weighted by atomic mass is 19.2. The maximum Gasteiger partial charge on any atom is 0.166 e. The van der Waals surface area contributed by atoms with Crippen LogP contribution in [0.25, 0.3) is 0 Å². The van der Waals surface area contributed by atoms with E-state index in [1.54, 1.807) is 0 Å². The molecule has 1 aliphatic rings. The number of hydrogen-bond acceptors (Lipinski definition) is 2. The highest BCUT2D eigenvalue weighted by molar-refractivity contribution is 5.00. The van der Waals surface area contributed by atoms with Gasteiger partial charge in [-0.25, -0.2) is 18.6 Å². The van der Waals surface area contributed by atoms with Gasteiger partial charge in [-0.3, -0.25) is 0 Å². The van der Waals surface area contributed by atoms with Gasteiger partial charge in [0.2, 0.25) is 0 Å². The van der Waals surface area contributed by atoms with Crippen LogP contribution >= 0.6 is 0 Å². The average molecular weight is 124 g/mol. The summed E-state index contributed by atoms with van der Waals surface area (Å²) >= 11 is 0. The zero-order chi connectivity index (χ0) is 6.15. The van der Waals surface area contributed by atoms with Crippen LogP contribution in [0.15, 0.2) is 0 Å². The highest BCUT2D eigenvalue weighted by Gasteiger charge is 2.55. The van der Waals surface area contributed by atoms with E-state index in [9.17, 15) is 8.78 Å². The summed E-state index contributed by atoms with van der Waals surface area (Å²) in [6.45, 7) is 0. The maximum atomic E-state index is 11.8. The van der Waals surface area contributed by atoms with Crippen molar-refractivity contribution in [1.82, 2.24) is 0 Å². The van der Waals surface area contributed by atoms with Crippen LogP contribution in [0.3, 0.4) is 0 Å². The fourth-order valence-electron chi connectivity index (χ4n) is 0.433. The zero-order valence-electron chi connectivity index (χ0n) is 4.30. The second-order valence-electron chi connectivity index (χ2n) is 1.62. The van der Waals surface area contributed by atoms with Crippen molar-refractivity contribution in [2.75, 3.05) is 7.11 Å². The fourth-order valence-corrected chi connectivity index (χ4v) is 0.433. The van der Waals surface area contributed by atoms with Crippen LogP contribution in [0.2, 0.25) is 0 Å². The molecule has 0 aromatic carbocycles. The molecular formula is C4H6F2O2. The molecule has 0 spiro atoms. The quantitative estimate of drug-likeness (QED) is 0.397. The van der Waals surface area contributed by atoms with Gasteiger partial charge in [-0.15, -0.1) is 0 Å². The molecule has 48 valence electrons. The minimum atomic E-state index is -1.48. The van der Waals surface area contributed by atoms with E-state index in [2.05, 4.69) is 9.78 Å². The van der Waals surface area contributed by atoms with Crippen molar-refractivity contribution in [3.8, 4) is 0 Å². The van der Waals surface area contributed by atoms with Gasteiger partial charge < -0.3 is 0 Å². The molecule has 1 saturated carbocycles. The molecule has 0 bridgehead atoms. The normalized spacial score (nSPS) is 44.6. The Bertz CT molecular complexity index is 80.1. The van der Waals surface area contributed by atoms with Crippen LogP contribution in [0.1, 0.15) is 0 Å². The van der Waals surface area contributed by atoms with Crippen molar-refractivity contribution in [2.45, 2.75) is 18.4 Å². The predicted molar refractivity (Wildman–Crippen MR) is 21.7 cm³/mol. The Morgan fingerprint density at radius 2 is 1.75 bits per heavy atom. The van der Waals surface area contributed by atoms with E-state index in [0.717, 1.165) is 0 Å². The minimum Gasteiger partial charge on any atom is -0.241 e. The van der Waals surface area contributed by atoms with E-state index < -0.39 is 18.4 Å². The third-order valence-corrected chi connectivity index (χ3v) is 0.998. The van der Waals surface area contributed by atoms with E-state index in [1.165, 1.54) is 7.11 Å². The van der Waals surface area contributed by atoms with Crippen LogP contribution in [-0.4, -0.2) is 25.6 Å². The third kappa shape index (κ3) is 0.809. The smallest absolute Gasteiger partial charge is 0.166 e. The molecule has 2 atom stereocenters. The average Bonchev–Trinajstić information content (AvgIpc) is 2.25. The molecule has 2 nitrogen and oxygen atoms in total. The standard InChI is InChI=1S/C4H6F2O2/c1-7-8-4-2(5)3(4)6/h2-4H,1H3. The Hall–Kier alpha value is -0.220. The van der Waals surface area contributed by atoms with Gasteiger partial charge in [0.25, 0.3) is 0 Å². The molecule has 1 fully saturated rings. The Morgan fingerprint density at radius 1 is 1.25 bits per heavy atom. The molecule has 0 aromatic heterocycles. The van der Waals surface area contributed by atoms with E-state index in [0.29, 0.717) is 0 Å². The molecule has 0 aliphatic heterocycles. The Balaban J connectivity index is 2.13. The Kier molecular flexibility index (Phi) is 1.44. The number of hydrogen-bond donors (Lipinski definition) is 0. The third-order valence-electron chi connectivity index (χ3n) is 0.998. The van der Waals surface area contributed by atoms with Gasteiger partial charge in [0.05, 0.1) is 7.11 Å². The SMILES string of the molecule is COOC1C(F)C1F. The first-order valence-electron chi connectivity index (χ1n) is 2.25. The number of halogens is 2. The van der Waals surface area contributed by atoms with Crippen LogP contribution in [-0.2, 0) is 9.78 Å². The summed E-state index contributed by atoms with van der Waals surface area (Å²) < 4.78 is 23.6. The van der Waals surface area contributed by atoms with Gasteiger partial charge in [-0.2, -0.15) is 0 Å². The molecule has 2 unspecified atom stereocenters. The monoisotopic (exact) mass is 124 g/mol. The van der Waals surface area contributed by atoms with Gasteiger partial charge in [-0.1, -0.05) is 0 Å². The molecule has 4 heteroatoms. The molecule has 0 amide bonds. The molecule has 0 N–H and O–H groups in total. The topological polar surface area (TPSA) is 18.5 Å². The first-order chi connectivity index (χ1) is 3.77. The lowest BCUT2D eigenvalue weighted by atomic mass is 10.8. The van der Waals surface area contributed by atoms with Gasteiger partial charge in [0.1, 0.15) is 0 Å². The van der Waals surface area contributed by atoms with Crippen LogP contribution in [0, 0.1) is 0 Å². The van der Waals surface area contributed by atoms with Gasteiger partial charge >= 0.3 is 0 Å². The maximum absolute atomic E-state index is 11.8. The fraction of sp³-hybridized carbons (Fsp3) is 1.00. The lowest BCUT2D eigenvalue weighted by Crippen LogP contribution is -1.95. The molecule has 0 saturated heterocycles. The highest BCUT2D eigenvalue weighted by Crippen LogP contribution is 2.32. The lowest BCUT2D eigenvalue weighted by molar-refractivity contribution is -0.287. The summed E-state index contributed by atoms with van der Waals surface area (Å²) in [6.07, 6.45) is -3.93. The molecule has 0 heterocycles. The van der Waals surface area contributed by atoms with E-state index in [-0.39, 0.29) is 0 Å². The minimum absolute atomic E-state index is 0.972. The van der Waals surface area contributed by atoms with Gasteiger partial charge in [-0.05, 0) is 0 Å². The van der Waals surface area contributed by atoms with Crippen LogP contribution in [0.5, 0.6) is 0 Å². The molecule has 0 aromatic rings.